The van der Waals surface area contributed by atoms with E-state index in [0.29, 0.717) is 21.5 Å². The van der Waals surface area contributed by atoms with Gasteiger partial charge in [-0.2, -0.15) is 0 Å². The molecule has 150 valence electrons. The zero-order chi connectivity index (χ0) is 20.6. The largest absolute Gasteiger partial charge is 0.325 e. The van der Waals surface area contributed by atoms with Crippen LogP contribution in [0.1, 0.15) is 10.4 Å². The van der Waals surface area contributed by atoms with E-state index < -0.39 is 25.8 Å². The fourth-order valence-electron chi connectivity index (χ4n) is 2.77. The second-order valence-corrected chi connectivity index (χ2v) is 11.2. The molecule has 3 aromatic rings. The van der Waals surface area contributed by atoms with Crippen molar-refractivity contribution in [3.05, 3.63) is 65.9 Å². The average molecular weight is 450 g/mol. The number of thiazole rings is 1. The number of carbonyl (C=O) groups excluding carboxylic acids is 1. The maximum Gasteiger partial charge on any atom is 0.263 e. The number of benzene rings is 2. The Labute approximate surface area is 171 Å². The van der Waals surface area contributed by atoms with E-state index in [0.717, 1.165) is 11.3 Å². The second-order valence-electron chi connectivity index (χ2n) is 6.36. The van der Waals surface area contributed by atoms with Crippen LogP contribution in [0.2, 0.25) is 0 Å². The first-order valence-electron chi connectivity index (χ1n) is 8.41. The van der Waals surface area contributed by atoms with E-state index in [2.05, 4.69) is 15.0 Å². The molecule has 1 amide bonds. The topological polar surface area (TPSA) is 122 Å². The third-order valence-electron chi connectivity index (χ3n) is 4.16. The van der Waals surface area contributed by atoms with Crippen molar-refractivity contribution in [1.29, 1.82) is 0 Å². The summed E-state index contributed by atoms with van der Waals surface area (Å²) in [4.78, 5) is 16.8. The Morgan fingerprint density at radius 1 is 1.10 bits per heavy atom. The Morgan fingerprint density at radius 3 is 2.55 bits per heavy atom. The summed E-state index contributed by atoms with van der Waals surface area (Å²) >= 11 is 1.10. The number of nitrogens with one attached hydrogen (secondary N) is 2. The molecule has 2 aromatic carbocycles. The molecular weight excluding hydrogens is 434 g/mol. The van der Waals surface area contributed by atoms with Crippen molar-refractivity contribution in [1.82, 2.24) is 10.3 Å². The molecule has 8 nitrogen and oxygen atoms in total. The van der Waals surface area contributed by atoms with E-state index in [1.54, 1.807) is 36.4 Å². The Balaban J connectivity index is 1.54. The SMILES string of the molecule is O=C(NC1=CCS(=O)(=O)C1)c1ccc2nc(NS(=O)(=O)c3ccccc3)sc2c1. The number of rotatable bonds is 5. The van der Waals surface area contributed by atoms with E-state index in [4.69, 9.17) is 0 Å². The highest BCUT2D eigenvalue weighted by molar-refractivity contribution is 7.93. The summed E-state index contributed by atoms with van der Waals surface area (Å²) in [7, 11) is -6.94. The molecule has 0 radical (unpaired) electrons. The van der Waals surface area contributed by atoms with Crippen LogP contribution in [0.5, 0.6) is 0 Å². The molecule has 2 N–H and O–H groups in total. The summed E-state index contributed by atoms with van der Waals surface area (Å²) in [5.74, 6) is -0.705. The highest BCUT2D eigenvalue weighted by atomic mass is 32.2. The molecule has 11 heteroatoms. The highest BCUT2D eigenvalue weighted by Crippen LogP contribution is 2.28. The second kappa shape index (κ2) is 7.25. The van der Waals surface area contributed by atoms with Gasteiger partial charge in [-0.3, -0.25) is 9.52 Å². The third-order valence-corrected chi connectivity index (χ3v) is 8.00. The number of amides is 1. The molecule has 2 heterocycles. The normalized spacial score (nSPS) is 15.8. The van der Waals surface area contributed by atoms with Gasteiger partial charge in [-0.05, 0) is 36.4 Å². The molecule has 0 saturated heterocycles. The van der Waals surface area contributed by atoms with Crippen LogP contribution in [-0.4, -0.2) is 39.2 Å². The van der Waals surface area contributed by atoms with Crippen molar-refractivity contribution in [2.45, 2.75) is 4.90 Å². The van der Waals surface area contributed by atoms with E-state index in [-0.39, 0.29) is 21.5 Å². The summed E-state index contributed by atoms with van der Waals surface area (Å²) in [6.45, 7) is 0. The Kier molecular flexibility index (Phi) is 4.89. The molecule has 0 bridgehead atoms. The number of sulfone groups is 1. The van der Waals surface area contributed by atoms with Crippen molar-refractivity contribution in [2.75, 3.05) is 16.2 Å². The molecule has 0 fully saturated rings. The molecule has 0 atom stereocenters. The molecule has 1 aromatic heterocycles. The maximum absolute atomic E-state index is 12.4. The van der Waals surface area contributed by atoms with Gasteiger partial charge >= 0.3 is 0 Å². The Bertz CT molecular complexity index is 1340. The van der Waals surface area contributed by atoms with Gasteiger partial charge in [-0.1, -0.05) is 29.5 Å². The smallest absolute Gasteiger partial charge is 0.263 e. The van der Waals surface area contributed by atoms with Crippen LogP contribution in [-0.2, 0) is 19.9 Å². The number of nitrogens with zero attached hydrogens (tertiary/aromatic N) is 1. The van der Waals surface area contributed by atoms with Crippen LogP contribution in [0.4, 0.5) is 5.13 Å². The Morgan fingerprint density at radius 2 is 1.86 bits per heavy atom. The first-order valence-corrected chi connectivity index (χ1v) is 12.5. The number of anilines is 1. The minimum absolute atomic E-state index is 0.0819. The van der Waals surface area contributed by atoms with Gasteiger partial charge in [0.2, 0.25) is 0 Å². The van der Waals surface area contributed by atoms with Gasteiger partial charge < -0.3 is 5.32 Å². The van der Waals surface area contributed by atoms with Gasteiger partial charge in [-0.25, -0.2) is 21.8 Å². The molecule has 0 aliphatic carbocycles. The van der Waals surface area contributed by atoms with Gasteiger partial charge in [0.25, 0.3) is 15.9 Å². The minimum Gasteiger partial charge on any atom is -0.325 e. The lowest BCUT2D eigenvalue weighted by molar-refractivity contribution is 0.0966. The number of carbonyl (C=O) groups is 1. The standard InChI is InChI=1S/C18H15N3O5S3/c22-17(19-13-8-9-28(23,24)11-13)12-6-7-15-16(10-12)27-18(20-15)21-29(25,26)14-4-2-1-3-5-14/h1-8,10H,9,11H2,(H,19,22)(H,20,21). The van der Waals surface area contributed by atoms with E-state index >= 15 is 0 Å². The van der Waals surface area contributed by atoms with Crippen LogP contribution in [0.25, 0.3) is 10.2 Å². The predicted octanol–water partition coefficient (Wildman–Crippen LogP) is 2.14. The monoisotopic (exact) mass is 449 g/mol. The van der Waals surface area contributed by atoms with Crippen molar-refractivity contribution in [2.24, 2.45) is 0 Å². The average Bonchev–Trinajstić information content (AvgIpc) is 3.22. The first kappa shape index (κ1) is 19.6. The minimum atomic E-state index is -3.76. The third kappa shape index (κ3) is 4.31. The van der Waals surface area contributed by atoms with Gasteiger partial charge in [0.1, 0.15) is 0 Å². The zero-order valence-electron chi connectivity index (χ0n) is 14.8. The molecule has 29 heavy (non-hydrogen) atoms. The number of fused-ring (bicyclic) bond motifs is 1. The van der Waals surface area contributed by atoms with Crippen molar-refractivity contribution in [3.8, 4) is 0 Å². The quantitative estimate of drug-likeness (QED) is 0.615. The van der Waals surface area contributed by atoms with Crippen LogP contribution in [0.15, 0.2) is 65.2 Å². The van der Waals surface area contributed by atoms with Gasteiger partial charge in [0, 0.05) is 11.3 Å². The lowest BCUT2D eigenvalue weighted by Crippen LogP contribution is -2.24. The molecule has 4 rings (SSSR count). The van der Waals surface area contributed by atoms with E-state index in [9.17, 15) is 21.6 Å². The summed E-state index contributed by atoms with van der Waals surface area (Å²) in [6.07, 6.45) is 1.48. The van der Waals surface area contributed by atoms with Gasteiger partial charge in [-0.15, -0.1) is 0 Å². The zero-order valence-corrected chi connectivity index (χ0v) is 17.3. The van der Waals surface area contributed by atoms with Crippen LogP contribution < -0.4 is 10.0 Å². The van der Waals surface area contributed by atoms with Crippen molar-refractivity contribution in [3.63, 3.8) is 0 Å². The number of hydrogen-bond acceptors (Lipinski definition) is 7. The fourth-order valence-corrected chi connectivity index (χ4v) is 6.17. The predicted molar refractivity (Wildman–Crippen MR) is 111 cm³/mol. The fraction of sp³-hybridized carbons (Fsp3) is 0.111. The van der Waals surface area contributed by atoms with Crippen LogP contribution in [0, 0.1) is 0 Å². The van der Waals surface area contributed by atoms with E-state index in [1.165, 1.54) is 18.2 Å². The first-order chi connectivity index (χ1) is 13.7. The summed E-state index contributed by atoms with van der Waals surface area (Å²) in [6, 6.07) is 12.7. The molecule has 1 aliphatic heterocycles. The molecule has 0 unspecified atom stereocenters. The molecular formula is C18H15N3O5S3. The lowest BCUT2D eigenvalue weighted by Gasteiger charge is -2.05. The van der Waals surface area contributed by atoms with Crippen LogP contribution in [0.3, 0.4) is 0 Å². The summed E-state index contributed by atoms with van der Waals surface area (Å²) in [5.41, 5.74) is 1.22. The van der Waals surface area contributed by atoms with Crippen molar-refractivity contribution < 1.29 is 21.6 Å². The summed E-state index contributed by atoms with van der Waals surface area (Å²) in [5, 5.41) is 2.78. The number of aromatic nitrogens is 1. The number of sulfonamides is 1. The maximum atomic E-state index is 12.4. The van der Waals surface area contributed by atoms with E-state index in [1.807, 2.05) is 0 Å². The molecule has 0 spiro atoms. The highest BCUT2D eigenvalue weighted by Gasteiger charge is 2.22. The lowest BCUT2D eigenvalue weighted by atomic mass is 10.2. The number of hydrogen-bond donors (Lipinski definition) is 2. The van der Waals surface area contributed by atoms with Gasteiger partial charge in [0.05, 0.1) is 26.6 Å². The molecule has 0 saturated carbocycles. The van der Waals surface area contributed by atoms with Crippen molar-refractivity contribution >= 4 is 52.5 Å². The van der Waals surface area contributed by atoms with Gasteiger partial charge in [0.15, 0.2) is 15.0 Å². The Hall–Kier alpha value is -2.76. The summed E-state index contributed by atoms with van der Waals surface area (Å²) < 4.78 is 50.9. The molecule has 1 aliphatic rings. The van der Waals surface area contributed by atoms with Crippen LogP contribution >= 0.6 is 11.3 Å².